The third-order valence-electron chi connectivity index (χ3n) is 5.09. The third-order valence-corrected chi connectivity index (χ3v) is 6.01. The molecule has 0 atom stereocenters. The SMILES string of the molecule is Cc1cc(Cc2csc(-c3cc4c(cc3O)CCC4)n2)c(C)cc1N. The van der Waals surface area contributed by atoms with Crippen LogP contribution < -0.4 is 5.73 Å². The Morgan fingerprint density at radius 2 is 1.84 bits per heavy atom. The molecule has 0 unspecified atom stereocenters. The van der Waals surface area contributed by atoms with Gasteiger partial charge < -0.3 is 10.8 Å². The van der Waals surface area contributed by atoms with Crippen LogP contribution in [0.15, 0.2) is 29.6 Å². The summed E-state index contributed by atoms with van der Waals surface area (Å²) >= 11 is 1.60. The van der Waals surface area contributed by atoms with E-state index >= 15 is 0 Å². The monoisotopic (exact) mass is 350 g/mol. The average molecular weight is 350 g/mol. The summed E-state index contributed by atoms with van der Waals surface area (Å²) in [5.74, 6) is 0.348. The van der Waals surface area contributed by atoms with Gasteiger partial charge in [0.25, 0.3) is 0 Å². The molecule has 0 saturated heterocycles. The number of phenols is 1. The van der Waals surface area contributed by atoms with Crippen LogP contribution in [-0.4, -0.2) is 10.1 Å². The number of phenolic OH excluding ortho intramolecular Hbond substituents is 1. The second-order valence-electron chi connectivity index (χ2n) is 6.95. The van der Waals surface area contributed by atoms with E-state index in [0.717, 1.165) is 46.8 Å². The van der Waals surface area contributed by atoms with Crippen molar-refractivity contribution in [2.45, 2.75) is 39.5 Å². The van der Waals surface area contributed by atoms with Gasteiger partial charge in [0, 0.05) is 17.5 Å². The molecule has 0 spiro atoms. The Bertz CT molecular complexity index is 959. The van der Waals surface area contributed by atoms with E-state index in [9.17, 15) is 5.11 Å². The van der Waals surface area contributed by atoms with Crippen molar-refractivity contribution in [3.05, 3.63) is 63.2 Å². The number of hydrogen-bond acceptors (Lipinski definition) is 4. The molecule has 0 radical (unpaired) electrons. The molecule has 25 heavy (non-hydrogen) atoms. The van der Waals surface area contributed by atoms with Crippen molar-refractivity contribution in [3.8, 4) is 16.3 Å². The van der Waals surface area contributed by atoms with Gasteiger partial charge in [0.1, 0.15) is 10.8 Å². The highest BCUT2D eigenvalue weighted by Crippen LogP contribution is 2.37. The zero-order valence-electron chi connectivity index (χ0n) is 14.6. The van der Waals surface area contributed by atoms with Crippen LogP contribution >= 0.6 is 11.3 Å². The highest BCUT2D eigenvalue weighted by atomic mass is 32.1. The summed E-state index contributed by atoms with van der Waals surface area (Å²) in [5.41, 5.74) is 14.9. The number of nitrogens with two attached hydrogens (primary N) is 1. The van der Waals surface area contributed by atoms with Gasteiger partial charge in [-0.15, -0.1) is 11.3 Å². The molecule has 0 aliphatic heterocycles. The number of benzene rings is 2. The van der Waals surface area contributed by atoms with E-state index in [1.54, 1.807) is 11.3 Å². The lowest BCUT2D eigenvalue weighted by molar-refractivity contribution is 0.476. The number of thiazole rings is 1. The maximum absolute atomic E-state index is 10.4. The first-order valence-corrected chi connectivity index (χ1v) is 9.54. The summed E-state index contributed by atoms with van der Waals surface area (Å²) in [6, 6.07) is 8.23. The van der Waals surface area contributed by atoms with Gasteiger partial charge in [-0.2, -0.15) is 0 Å². The van der Waals surface area contributed by atoms with Crippen LogP contribution in [0.5, 0.6) is 5.75 Å². The first-order valence-electron chi connectivity index (χ1n) is 8.66. The fraction of sp³-hybridized carbons (Fsp3) is 0.286. The van der Waals surface area contributed by atoms with Crippen molar-refractivity contribution in [2.24, 2.45) is 0 Å². The lowest BCUT2D eigenvalue weighted by Crippen LogP contribution is -1.97. The van der Waals surface area contributed by atoms with Crippen LogP contribution in [0.2, 0.25) is 0 Å². The molecule has 3 nitrogen and oxygen atoms in total. The molecule has 1 heterocycles. The second kappa shape index (κ2) is 6.19. The summed E-state index contributed by atoms with van der Waals surface area (Å²) in [4.78, 5) is 4.78. The van der Waals surface area contributed by atoms with Crippen molar-refractivity contribution in [2.75, 3.05) is 5.73 Å². The van der Waals surface area contributed by atoms with Crippen LogP contribution in [0.3, 0.4) is 0 Å². The normalized spacial score (nSPS) is 13.2. The fourth-order valence-corrected chi connectivity index (χ4v) is 4.42. The summed E-state index contributed by atoms with van der Waals surface area (Å²) < 4.78 is 0. The first kappa shape index (κ1) is 16.2. The molecule has 1 aromatic heterocycles. The van der Waals surface area contributed by atoms with Crippen LogP contribution in [-0.2, 0) is 19.3 Å². The molecule has 0 fully saturated rings. The number of aromatic nitrogens is 1. The average Bonchev–Trinajstić information content (AvgIpc) is 3.20. The zero-order chi connectivity index (χ0) is 17.6. The van der Waals surface area contributed by atoms with E-state index < -0.39 is 0 Å². The van der Waals surface area contributed by atoms with E-state index in [0.29, 0.717) is 5.75 Å². The van der Waals surface area contributed by atoms with E-state index in [1.165, 1.54) is 28.7 Å². The highest BCUT2D eigenvalue weighted by molar-refractivity contribution is 7.13. The van der Waals surface area contributed by atoms with E-state index in [-0.39, 0.29) is 0 Å². The van der Waals surface area contributed by atoms with Crippen molar-refractivity contribution in [1.82, 2.24) is 4.98 Å². The molecule has 4 heteroatoms. The summed E-state index contributed by atoms with van der Waals surface area (Å²) in [7, 11) is 0. The lowest BCUT2D eigenvalue weighted by atomic mass is 10.0. The standard InChI is InChI=1S/C21H22N2OS/c1-12-7-19(22)13(2)6-16(12)8-17-11-25-21(23-17)18-9-14-4-3-5-15(14)10-20(18)24/h6-7,9-11,24H,3-5,8,22H2,1-2H3. The van der Waals surface area contributed by atoms with Crippen molar-refractivity contribution in [3.63, 3.8) is 0 Å². The fourth-order valence-electron chi connectivity index (χ4n) is 3.58. The van der Waals surface area contributed by atoms with Crippen molar-refractivity contribution >= 4 is 17.0 Å². The molecule has 4 rings (SSSR count). The van der Waals surface area contributed by atoms with Crippen LogP contribution in [0.4, 0.5) is 5.69 Å². The predicted octanol–water partition coefficient (Wildman–Crippen LogP) is 4.79. The zero-order valence-corrected chi connectivity index (χ0v) is 15.4. The summed E-state index contributed by atoms with van der Waals surface area (Å²) in [6.07, 6.45) is 4.14. The van der Waals surface area contributed by atoms with Gasteiger partial charge in [-0.3, -0.25) is 0 Å². The number of fused-ring (bicyclic) bond motifs is 1. The molecule has 0 saturated carbocycles. The molecular weight excluding hydrogens is 328 g/mol. The highest BCUT2D eigenvalue weighted by Gasteiger charge is 2.17. The smallest absolute Gasteiger partial charge is 0.127 e. The van der Waals surface area contributed by atoms with Crippen LogP contribution in [0.25, 0.3) is 10.6 Å². The Balaban J connectivity index is 1.64. The molecular formula is C21H22N2OS. The molecule has 1 aliphatic rings. The topological polar surface area (TPSA) is 59.1 Å². The minimum atomic E-state index is 0.348. The van der Waals surface area contributed by atoms with Crippen molar-refractivity contribution < 1.29 is 5.11 Å². The van der Waals surface area contributed by atoms with Crippen LogP contribution in [0, 0.1) is 13.8 Å². The molecule has 3 N–H and O–H groups in total. The summed E-state index contributed by atoms with van der Waals surface area (Å²) in [6.45, 7) is 4.12. The Morgan fingerprint density at radius 3 is 2.64 bits per heavy atom. The molecule has 3 aromatic rings. The second-order valence-corrected chi connectivity index (χ2v) is 7.81. The molecule has 0 amide bonds. The van der Waals surface area contributed by atoms with Gasteiger partial charge in [-0.25, -0.2) is 4.98 Å². The number of anilines is 1. The number of nitrogens with zero attached hydrogens (tertiary/aromatic N) is 1. The van der Waals surface area contributed by atoms with Gasteiger partial charge in [0.2, 0.25) is 0 Å². The Labute approximate surface area is 152 Å². The van der Waals surface area contributed by atoms with Gasteiger partial charge >= 0.3 is 0 Å². The number of aromatic hydroxyl groups is 1. The molecule has 2 aromatic carbocycles. The molecule has 128 valence electrons. The minimum Gasteiger partial charge on any atom is -0.507 e. The van der Waals surface area contributed by atoms with E-state index in [2.05, 4.69) is 24.4 Å². The van der Waals surface area contributed by atoms with Crippen molar-refractivity contribution in [1.29, 1.82) is 0 Å². The van der Waals surface area contributed by atoms with Gasteiger partial charge in [-0.1, -0.05) is 6.07 Å². The number of rotatable bonds is 3. The van der Waals surface area contributed by atoms with Gasteiger partial charge in [0.05, 0.1) is 11.3 Å². The molecule has 1 aliphatic carbocycles. The number of aryl methyl sites for hydroxylation is 4. The Kier molecular flexibility index (Phi) is 4.00. The minimum absolute atomic E-state index is 0.348. The first-order chi connectivity index (χ1) is 12.0. The maximum Gasteiger partial charge on any atom is 0.127 e. The predicted molar refractivity (Wildman–Crippen MR) is 104 cm³/mol. The Morgan fingerprint density at radius 1 is 1.08 bits per heavy atom. The maximum atomic E-state index is 10.4. The van der Waals surface area contributed by atoms with Crippen LogP contribution in [0.1, 0.15) is 39.9 Å². The third kappa shape index (κ3) is 3.02. The van der Waals surface area contributed by atoms with E-state index in [1.807, 2.05) is 19.1 Å². The lowest BCUT2D eigenvalue weighted by Gasteiger charge is -2.08. The van der Waals surface area contributed by atoms with Gasteiger partial charge in [0.15, 0.2) is 0 Å². The number of hydrogen-bond donors (Lipinski definition) is 2. The van der Waals surface area contributed by atoms with E-state index in [4.69, 9.17) is 10.7 Å². The largest absolute Gasteiger partial charge is 0.507 e. The summed E-state index contributed by atoms with van der Waals surface area (Å²) in [5, 5.41) is 13.4. The Hall–Kier alpha value is -2.33. The molecule has 0 bridgehead atoms. The quantitative estimate of drug-likeness (QED) is 0.667. The number of nitrogen functional groups attached to an aromatic ring is 1. The van der Waals surface area contributed by atoms with Gasteiger partial charge in [-0.05, 0) is 79.1 Å².